The van der Waals surface area contributed by atoms with E-state index >= 15 is 0 Å². The maximum absolute atomic E-state index is 4.76. The van der Waals surface area contributed by atoms with Crippen LogP contribution in [0.3, 0.4) is 0 Å². The van der Waals surface area contributed by atoms with Crippen LogP contribution in [0.15, 0.2) is 85.2 Å². The van der Waals surface area contributed by atoms with Gasteiger partial charge in [0.05, 0.1) is 5.69 Å². The average Bonchev–Trinajstić information content (AvgIpc) is 2.69. The molecular weight excluding hydrogens is 306 g/mol. The third-order valence-electron chi connectivity index (χ3n) is 4.08. The number of hydrogen-bond acceptors (Lipinski definition) is 3. The van der Waals surface area contributed by atoms with Crippen molar-refractivity contribution in [1.82, 2.24) is 15.0 Å². The van der Waals surface area contributed by atoms with Gasteiger partial charge >= 0.3 is 0 Å². The van der Waals surface area contributed by atoms with Gasteiger partial charge in [0, 0.05) is 29.2 Å². The molecule has 0 saturated heterocycles. The fourth-order valence-corrected chi connectivity index (χ4v) is 2.81. The molecule has 4 aromatic rings. The Hall–Kier alpha value is -3.33. The molecule has 3 heteroatoms. The molecule has 25 heavy (non-hydrogen) atoms. The zero-order valence-corrected chi connectivity index (χ0v) is 13.9. The molecule has 0 atom stereocenters. The molecule has 0 bridgehead atoms. The van der Waals surface area contributed by atoms with Crippen molar-refractivity contribution in [1.29, 1.82) is 0 Å². The van der Waals surface area contributed by atoms with E-state index in [2.05, 4.69) is 46.4 Å². The molecule has 2 heterocycles. The van der Waals surface area contributed by atoms with E-state index in [1.54, 1.807) is 12.4 Å². The standard InChI is InChI=1S/C22H17N3/c1-16-15-21(19-5-3-2-4-6-19)25-22(24-16)20-9-7-17(8-10-20)18-11-13-23-14-12-18/h2-15H,1H3. The van der Waals surface area contributed by atoms with Crippen molar-refractivity contribution in [3.05, 3.63) is 90.9 Å². The zero-order chi connectivity index (χ0) is 17.1. The summed E-state index contributed by atoms with van der Waals surface area (Å²) in [6, 6.07) is 24.6. The van der Waals surface area contributed by atoms with Crippen LogP contribution in [0.1, 0.15) is 5.69 Å². The van der Waals surface area contributed by atoms with E-state index in [1.807, 2.05) is 43.3 Å². The van der Waals surface area contributed by atoms with Crippen molar-refractivity contribution < 1.29 is 0 Å². The Morgan fingerprint density at radius 2 is 1.24 bits per heavy atom. The highest BCUT2D eigenvalue weighted by molar-refractivity contribution is 5.69. The molecule has 0 saturated carbocycles. The Balaban J connectivity index is 1.71. The predicted octanol–water partition coefficient (Wildman–Crippen LogP) is 5.18. The molecule has 4 rings (SSSR count). The number of rotatable bonds is 3. The van der Waals surface area contributed by atoms with Gasteiger partial charge < -0.3 is 0 Å². The highest BCUT2D eigenvalue weighted by Crippen LogP contribution is 2.25. The number of aryl methyl sites for hydroxylation is 1. The Morgan fingerprint density at radius 1 is 0.600 bits per heavy atom. The van der Waals surface area contributed by atoms with Crippen LogP contribution in [0.25, 0.3) is 33.8 Å². The fourth-order valence-electron chi connectivity index (χ4n) is 2.81. The molecule has 0 aliphatic heterocycles. The Kier molecular flexibility index (Phi) is 4.05. The molecule has 2 aromatic heterocycles. The molecule has 0 radical (unpaired) electrons. The monoisotopic (exact) mass is 323 g/mol. The van der Waals surface area contributed by atoms with E-state index < -0.39 is 0 Å². The molecule has 0 fully saturated rings. The van der Waals surface area contributed by atoms with Gasteiger partial charge in [0.15, 0.2) is 5.82 Å². The Morgan fingerprint density at radius 3 is 1.96 bits per heavy atom. The lowest BCUT2D eigenvalue weighted by molar-refractivity contribution is 1.11. The second kappa shape index (κ2) is 6.65. The summed E-state index contributed by atoms with van der Waals surface area (Å²) >= 11 is 0. The topological polar surface area (TPSA) is 38.7 Å². The molecule has 0 amide bonds. The quantitative estimate of drug-likeness (QED) is 0.521. The van der Waals surface area contributed by atoms with E-state index in [9.17, 15) is 0 Å². The largest absolute Gasteiger partial charge is 0.265 e. The van der Waals surface area contributed by atoms with Crippen LogP contribution in [-0.4, -0.2) is 15.0 Å². The van der Waals surface area contributed by atoms with Gasteiger partial charge in [0.25, 0.3) is 0 Å². The summed E-state index contributed by atoms with van der Waals surface area (Å²) in [6.45, 7) is 2.00. The third kappa shape index (κ3) is 3.31. The molecule has 0 aliphatic rings. The number of pyridine rings is 1. The van der Waals surface area contributed by atoms with E-state index in [-0.39, 0.29) is 0 Å². The summed E-state index contributed by atoms with van der Waals surface area (Å²) in [6.07, 6.45) is 3.61. The van der Waals surface area contributed by atoms with Crippen molar-refractivity contribution in [3.8, 4) is 33.8 Å². The smallest absolute Gasteiger partial charge is 0.160 e. The number of hydrogen-bond donors (Lipinski definition) is 0. The van der Waals surface area contributed by atoms with Crippen LogP contribution in [0.2, 0.25) is 0 Å². The van der Waals surface area contributed by atoms with E-state index in [4.69, 9.17) is 4.98 Å². The second-order valence-electron chi connectivity index (χ2n) is 5.90. The number of aromatic nitrogens is 3. The van der Waals surface area contributed by atoms with Crippen LogP contribution in [0, 0.1) is 6.92 Å². The van der Waals surface area contributed by atoms with Crippen LogP contribution < -0.4 is 0 Å². The minimum Gasteiger partial charge on any atom is -0.265 e. The molecule has 0 N–H and O–H groups in total. The molecular formula is C22H17N3. The lowest BCUT2D eigenvalue weighted by atomic mass is 10.0. The first-order valence-electron chi connectivity index (χ1n) is 8.21. The summed E-state index contributed by atoms with van der Waals surface area (Å²) in [4.78, 5) is 13.4. The molecule has 0 unspecified atom stereocenters. The van der Waals surface area contributed by atoms with Crippen molar-refractivity contribution in [2.45, 2.75) is 6.92 Å². The molecule has 0 aliphatic carbocycles. The normalized spacial score (nSPS) is 10.6. The average molecular weight is 323 g/mol. The minimum atomic E-state index is 0.750. The van der Waals surface area contributed by atoms with Crippen molar-refractivity contribution in [3.63, 3.8) is 0 Å². The Bertz CT molecular complexity index is 979. The van der Waals surface area contributed by atoms with Crippen molar-refractivity contribution in [2.24, 2.45) is 0 Å². The summed E-state index contributed by atoms with van der Waals surface area (Å²) in [5, 5.41) is 0. The molecule has 0 spiro atoms. The van der Waals surface area contributed by atoms with E-state index in [1.165, 1.54) is 0 Å². The zero-order valence-electron chi connectivity index (χ0n) is 13.9. The van der Waals surface area contributed by atoms with Crippen LogP contribution in [-0.2, 0) is 0 Å². The lowest BCUT2D eigenvalue weighted by Crippen LogP contribution is -1.95. The first-order chi connectivity index (χ1) is 12.3. The van der Waals surface area contributed by atoms with Crippen molar-refractivity contribution in [2.75, 3.05) is 0 Å². The van der Waals surface area contributed by atoms with Gasteiger partial charge in [-0.05, 0) is 36.2 Å². The first-order valence-corrected chi connectivity index (χ1v) is 8.21. The molecule has 3 nitrogen and oxygen atoms in total. The van der Waals surface area contributed by atoms with Gasteiger partial charge in [0.2, 0.25) is 0 Å². The number of benzene rings is 2. The lowest BCUT2D eigenvalue weighted by Gasteiger charge is -2.07. The van der Waals surface area contributed by atoms with Gasteiger partial charge in [-0.25, -0.2) is 9.97 Å². The highest BCUT2D eigenvalue weighted by atomic mass is 14.9. The van der Waals surface area contributed by atoms with Gasteiger partial charge in [-0.1, -0.05) is 54.6 Å². The third-order valence-corrected chi connectivity index (χ3v) is 4.08. The number of nitrogens with zero attached hydrogens (tertiary/aromatic N) is 3. The molecule has 2 aromatic carbocycles. The van der Waals surface area contributed by atoms with Crippen LogP contribution in [0.4, 0.5) is 0 Å². The van der Waals surface area contributed by atoms with Gasteiger partial charge in [0.1, 0.15) is 0 Å². The van der Waals surface area contributed by atoms with Gasteiger partial charge in [-0.3, -0.25) is 4.98 Å². The van der Waals surface area contributed by atoms with E-state index in [0.717, 1.165) is 39.5 Å². The second-order valence-corrected chi connectivity index (χ2v) is 5.90. The first kappa shape index (κ1) is 15.2. The summed E-state index contributed by atoms with van der Waals surface area (Å²) in [7, 11) is 0. The Labute approximate surface area is 147 Å². The van der Waals surface area contributed by atoms with Crippen molar-refractivity contribution >= 4 is 0 Å². The van der Waals surface area contributed by atoms with Gasteiger partial charge in [-0.15, -0.1) is 0 Å². The summed E-state index contributed by atoms with van der Waals surface area (Å²) in [5.74, 6) is 0.750. The maximum Gasteiger partial charge on any atom is 0.160 e. The van der Waals surface area contributed by atoms with E-state index in [0.29, 0.717) is 0 Å². The van der Waals surface area contributed by atoms with Crippen LogP contribution in [0.5, 0.6) is 0 Å². The highest BCUT2D eigenvalue weighted by Gasteiger charge is 2.07. The van der Waals surface area contributed by atoms with Gasteiger partial charge in [-0.2, -0.15) is 0 Å². The SMILES string of the molecule is Cc1cc(-c2ccccc2)nc(-c2ccc(-c3ccncc3)cc2)n1. The predicted molar refractivity (Wildman–Crippen MR) is 101 cm³/mol. The maximum atomic E-state index is 4.76. The van der Waals surface area contributed by atoms with Crippen LogP contribution >= 0.6 is 0 Å². The fraction of sp³-hybridized carbons (Fsp3) is 0.0455. The summed E-state index contributed by atoms with van der Waals surface area (Å²) in [5.41, 5.74) is 6.32. The summed E-state index contributed by atoms with van der Waals surface area (Å²) < 4.78 is 0. The minimum absolute atomic E-state index is 0.750. The molecule has 120 valence electrons.